The Morgan fingerprint density at radius 3 is 2.69 bits per heavy atom. The first-order chi connectivity index (χ1) is 7.65. The molecule has 0 radical (unpaired) electrons. The van der Waals surface area contributed by atoms with Crippen molar-refractivity contribution in [1.29, 1.82) is 0 Å². The van der Waals surface area contributed by atoms with Crippen molar-refractivity contribution in [2.75, 3.05) is 33.9 Å². The summed E-state index contributed by atoms with van der Waals surface area (Å²) in [6, 6.07) is 0.362. The summed E-state index contributed by atoms with van der Waals surface area (Å²) in [7, 11) is 3.87. The largest absolute Gasteiger partial charge is 0.381 e. The number of rotatable bonds is 6. The van der Waals surface area contributed by atoms with E-state index >= 15 is 0 Å². The van der Waals surface area contributed by atoms with Gasteiger partial charge in [-0.05, 0) is 33.4 Å². The van der Waals surface area contributed by atoms with Gasteiger partial charge in [0.25, 0.3) is 0 Å². The lowest BCUT2D eigenvalue weighted by Gasteiger charge is -2.31. The van der Waals surface area contributed by atoms with Crippen molar-refractivity contribution < 1.29 is 9.53 Å². The van der Waals surface area contributed by atoms with Crippen LogP contribution >= 0.6 is 0 Å². The third-order valence-corrected chi connectivity index (χ3v) is 3.28. The maximum absolute atomic E-state index is 11.0. The zero-order chi connectivity index (χ0) is 12.0. The standard InChI is InChI=1S/C11H23N3O2/c1-13-10(11(12)15)3-6-14(2)9-4-7-16-8-5-9/h9-10,13H,3-8H2,1-2H3,(H2,12,15). The number of carbonyl (C=O) groups is 1. The summed E-state index contributed by atoms with van der Waals surface area (Å²) >= 11 is 0. The molecule has 0 aliphatic carbocycles. The van der Waals surface area contributed by atoms with Crippen LogP contribution in [-0.2, 0) is 9.53 Å². The van der Waals surface area contributed by atoms with Crippen LogP contribution in [0.2, 0.25) is 0 Å². The van der Waals surface area contributed by atoms with E-state index in [1.54, 1.807) is 7.05 Å². The highest BCUT2D eigenvalue weighted by atomic mass is 16.5. The topological polar surface area (TPSA) is 67.6 Å². The summed E-state index contributed by atoms with van der Waals surface area (Å²) in [5.74, 6) is -0.275. The maximum Gasteiger partial charge on any atom is 0.234 e. The summed E-state index contributed by atoms with van der Waals surface area (Å²) < 4.78 is 5.32. The molecule has 1 aliphatic rings. The van der Waals surface area contributed by atoms with Gasteiger partial charge in [0.2, 0.25) is 5.91 Å². The second-order valence-corrected chi connectivity index (χ2v) is 4.36. The average Bonchev–Trinajstić information content (AvgIpc) is 2.30. The second-order valence-electron chi connectivity index (χ2n) is 4.36. The van der Waals surface area contributed by atoms with Gasteiger partial charge in [-0.2, -0.15) is 0 Å². The fourth-order valence-corrected chi connectivity index (χ4v) is 2.07. The van der Waals surface area contributed by atoms with Crippen molar-refractivity contribution in [2.45, 2.75) is 31.3 Å². The van der Waals surface area contributed by atoms with Crippen molar-refractivity contribution in [3.8, 4) is 0 Å². The van der Waals surface area contributed by atoms with E-state index in [0.717, 1.165) is 39.0 Å². The van der Waals surface area contributed by atoms with E-state index in [1.165, 1.54) is 0 Å². The van der Waals surface area contributed by atoms with Crippen LogP contribution < -0.4 is 11.1 Å². The van der Waals surface area contributed by atoms with E-state index in [-0.39, 0.29) is 11.9 Å². The Bertz CT molecular complexity index is 217. The van der Waals surface area contributed by atoms with Gasteiger partial charge < -0.3 is 20.7 Å². The molecule has 0 saturated carbocycles. The van der Waals surface area contributed by atoms with E-state index in [9.17, 15) is 4.79 Å². The molecule has 5 nitrogen and oxygen atoms in total. The molecule has 0 spiro atoms. The molecule has 1 fully saturated rings. The third-order valence-electron chi connectivity index (χ3n) is 3.28. The first-order valence-corrected chi connectivity index (χ1v) is 5.89. The van der Waals surface area contributed by atoms with E-state index < -0.39 is 0 Å². The maximum atomic E-state index is 11.0. The van der Waals surface area contributed by atoms with Gasteiger partial charge >= 0.3 is 0 Å². The molecule has 1 aliphatic heterocycles. The first-order valence-electron chi connectivity index (χ1n) is 5.89. The van der Waals surface area contributed by atoms with Crippen LogP contribution in [0.15, 0.2) is 0 Å². The van der Waals surface area contributed by atoms with Gasteiger partial charge in [-0.15, -0.1) is 0 Å². The van der Waals surface area contributed by atoms with Crippen molar-refractivity contribution in [3.63, 3.8) is 0 Å². The normalized spacial score (nSPS) is 19.9. The predicted molar refractivity (Wildman–Crippen MR) is 63.1 cm³/mol. The minimum Gasteiger partial charge on any atom is -0.381 e. The first kappa shape index (κ1) is 13.4. The number of nitrogens with zero attached hydrogens (tertiary/aromatic N) is 1. The Morgan fingerprint density at radius 2 is 2.19 bits per heavy atom. The highest BCUT2D eigenvalue weighted by Gasteiger charge is 2.20. The molecule has 94 valence electrons. The molecule has 1 unspecified atom stereocenters. The highest BCUT2D eigenvalue weighted by Crippen LogP contribution is 2.13. The number of hydrogen-bond donors (Lipinski definition) is 2. The fraction of sp³-hybridized carbons (Fsp3) is 0.909. The van der Waals surface area contributed by atoms with Crippen LogP contribution in [0.5, 0.6) is 0 Å². The minimum atomic E-state index is -0.275. The number of hydrogen-bond acceptors (Lipinski definition) is 4. The summed E-state index contributed by atoms with van der Waals surface area (Å²) in [5, 5.41) is 2.93. The Balaban J connectivity index is 2.27. The molecule has 16 heavy (non-hydrogen) atoms. The van der Waals surface area contributed by atoms with Gasteiger partial charge in [-0.3, -0.25) is 4.79 Å². The zero-order valence-corrected chi connectivity index (χ0v) is 10.2. The van der Waals surface area contributed by atoms with Gasteiger partial charge in [0.1, 0.15) is 0 Å². The number of ether oxygens (including phenoxy) is 1. The molecule has 0 aromatic rings. The van der Waals surface area contributed by atoms with Gasteiger partial charge in [0.05, 0.1) is 6.04 Å². The molecule has 1 rings (SSSR count). The Labute approximate surface area is 97.3 Å². The van der Waals surface area contributed by atoms with Gasteiger partial charge in [0.15, 0.2) is 0 Å². The van der Waals surface area contributed by atoms with Gasteiger partial charge in [-0.1, -0.05) is 0 Å². The fourth-order valence-electron chi connectivity index (χ4n) is 2.07. The Morgan fingerprint density at radius 1 is 1.56 bits per heavy atom. The minimum absolute atomic E-state index is 0.220. The van der Waals surface area contributed by atoms with Crippen LogP contribution in [0.3, 0.4) is 0 Å². The molecule has 1 atom stereocenters. The number of nitrogens with two attached hydrogens (primary N) is 1. The molecule has 0 bridgehead atoms. The van der Waals surface area contributed by atoms with E-state index in [4.69, 9.17) is 10.5 Å². The molecule has 0 aromatic carbocycles. The Hall–Kier alpha value is -0.650. The quantitative estimate of drug-likeness (QED) is 0.648. The van der Waals surface area contributed by atoms with Gasteiger partial charge in [0, 0.05) is 25.8 Å². The van der Waals surface area contributed by atoms with Crippen molar-refractivity contribution in [3.05, 3.63) is 0 Å². The molecule has 3 N–H and O–H groups in total. The lowest BCUT2D eigenvalue weighted by molar-refractivity contribution is -0.120. The molecule has 1 amide bonds. The number of carbonyl (C=O) groups excluding carboxylic acids is 1. The monoisotopic (exact) mass is 229 g/mol. The van der Waals surface area contributed by atoms with Crippen molar-refractivity contribution in [2.24, 2.45) is 5.73 Å². The lowest BCUT2D eigenvalue weighted by atomic mass is 10.1. The summed E-state index contributed by atoms with van der Waals surface area (Å²) in [6.07, 6.45) is 2.92. The molecule has 0 aromatic heterocycles. The summed E-state index contributed by atoms with van der Waals surface area (Å²) in [5.41, 5.74) is 5.27. The molecule has 1 saturated heterocycles. The van der Waals surface area contributed by atoms with E-state index in [1.807, 2.05) is 0 Å². The number of nitrogens with one attached hydrogen (secondary N) is 1. The summed E-state index contributed by atoms with van der Waals surface area (Å²) in [4.78, 5) is 13.3. The van der Waals surface area contributed by atoms with Crippen molar-refractivity contribution in [1.82, 2.24) is 10.2 Å². The van der Waals surface area contributed by atoms with Crippen LogP contribution in [-0.4, -0.2) is 56.7 Å². The van der Waals surface area contributed by atoms with Gasteiger partial charge in [-0.25, -0.2) is 0 Å². The second kappa shape index (κ2) is 6.83. The van der Waals surface area contributed by atoms with Crippen LogP contribution in [0.1, 0.15) is 19.3 Å². The zero-order valence-electron chi connectivity index (χ0n) is 10.2. The number of likely N-dealkylation sites (N-methyl/N-ethyl adjacent to an activating group) is 1. The molecule has 1 heterocycles. The Kier molecular flexibility index (Phi) is 5.73. The van der Waals surface area contributed by atoms with Crippen LogP contribution in [0, 0.1) is 0 Å². The smallest absolute Gasteiger partial charge is 0.234 e. The lowest BCUT2D eigenvalue weighted by Crippen LogP contribution is -2.43. The SMILES string of the molecule is CNC(CCN(C)C1CCOCC1)C(N)=O. The highest BCUT2D eigenvalue weighted by molar-refractivity contribution is 5.79. The predicted octanol–water partition coefficient (Wildman–Crippen LogP) is -0.439. The summed E-state index contributed by atoms with van der Waals surface area (Å²) in [6.45, 7) is 2.58. The number of amides is 1. The molecule has 5 heteroatoms. The molecular weight excluding hydrogens is 206 g/mol. The third kappa shape index (κ3) is 4.08. The molecular formula is C11H23N3O2. The van der Waals surface area contributed by atoms with Crippen molar-refractivity contribution >= 4 is 5.91 Å². The number of primary amides is 1. The van der Waals surface area contributed by atoms with E-state index in [0.29, 0.717) is 6.04 Å². The van der Waals surface area contributed by atoms with Crippen LogP contribution in [0.25, 0.3) is 0 Å². The van der Waals surface area contributed by atoms with E-state index in [2.05, 4.69) is 17.3 Å². The van der Waals surface area contributed by atoms with Crippen LogP contribution in [0.4, 0.5) is 0 Å². The average molecular weight is 229 g/mol.